The molecule has 1 unspecified atom stereocenters. The quantitative estimate of drug-likeness (QED) is 0.903. The zero-order valence-corrected chi connectivity index (χ0v) is 11.3. The van der Waals surface area contributed by atoms with E-state index in [9.17, 15) is 9.90 Å². The SMILES string of the molecule is Cc1cccc(C(Cc2ccccc2C)C(=O)O)c1. The van der Waals surface area contributed by atoms with Crippen molar-refractivity contribution in [1.29, 1.82) is 0 Å². The fourth-order valence-corrected chi connectivity index (χ4v) is 2.29. The summed E-state index contributed by atoms with van der Waals surface area (Å²) in [6, 6.07) is 15.7. The highest BCUT2D eigenvalue weighted by Crippen LogP contribution is 2.23. The molecule has 98 valence electrons. The van der Waals surface area contributed by atoms with Gasteiger partial charge in [0, 0.05) is 0 Å². The number of aliphatic carboxylic acids is 1. The largest absolute Gasteiger partial charge is 0.481 e. The minimum Gasteiger partial charge on any atom is -0.481 e. The first-order chi connectivity index (χ1) is 9.08. The number of carboxylic acids is 1. The van der Waals surface area contributed by atoms with Crippen molar-refractivity contribution in [3.05, 3.63) is 70.8 Å². The Morgan fingerprint density at radius 2 is 1.84 bits per heavy atom. The van der Waals surface area contributed by atoms with Crippen LogP contribution < -0.4 is 0 Å². The Hall–Kier alpha value is -2.09. The third-order valence-electron chi connectivity index (χ3n) is 3.43. The van der Waals surface area contributed by atoms with Crippen molar-refractivity contribution in [2.24, 2.45) is 0 Å². The van der Waals surface area contributed by atoms with Crippen LogP contribution in [0.15, 0.2) is 48.5 Å². The molecule has 1 N–H and O–H groups in total. The molecule has 0 aliphatic carbocycles. The van der Waals surface area contributed by atoms with Crippen LogP contribution in [0.5, 0.6) is 0 Å². The van der Waals surface area contributed by atoms with Crippen LogP contribution in [0.25, 0.3) is 0 Å². The Kier molecular flexibility index (Phi) is 4.00. The number of benzene rings is 2. The molecule has 2 aromatic carbocycles. The average Bonchev–Trinajstić information content (AvgIpc) is 2.37. The van der Waals surface area contributed by atoms with Crippen molar-refractivity contribution < 1.29 is 9.90 Å². The predicted molar refractivity (Wildman–Crippen MR) is 76.4 cm³/mol. The van der Waals surface area contributed by atoms with Gasteiger partial charge in [-0.2, -0.15) is 0 Å². The standard InChI is InChI=1S/C17H18O2/c1-12-6-5-9-15(10-12)16(17(18)19)11-14-8-4-3-7-13(14)2/h3-10,16H,11H2,1-2H3,(H,18,19). The van der Waals surface area contributed by atoms with Crippen molar-refractivity contribution in [2.45, 2.75) is 26.2 Å². The van der Waals surface area contributed by atoms with Gasteiger partial charge >= 0.3 is 5.97 Å². The van der Waals surface area contributed by atoms with Crippen LogP contribution in [0.2, 0.25) is 0 Å². The van der Waals surface area contributed by atoms with Gasteiger partial charge in [0.05, 0.1) is 5.92 Å². The molecule has 0 aliphatic heterocycles. The first-order valence-corrected chi connectivity index (χ1v) is 6.42. The molecule has 2 nitrogen and oxygen atoms in total. The minimum absolute atomic E-state index is 0.485. The van der Waals surface area contributed by atoms with Gasteiger partial charge in [-0.05, 0) is 37.0 Å². The molecule has 2 rings (SSSR count). The summed E-state index contributed by atoms with van der Waals surface area (Å²) in [5.74, 6) is -1.25. The van der Waals surface area contributed by atoms with Crippen LogP contribution >= 0.6 is 0 Å². The third-order valence-corrected chi connectivity index (χ3v) is 3.43. The van der Waals surface area contributed by atoms with E-state index in [0.717, 1.165) is 22.3 Å². The second kappa shape index (κ2) is 5.70. The van der Waals surface area contributed by atoms with E-state index in [-0.39, 0.29) is 0 Å². The molecule has 0 heterocycles. The van der Waals surface area contributed by atoms with Gasteiger partial charge in [-0.1, -0.05) is 54.1 Å². The van der Waals surface area contributed by atoms with Gasteiger partial charge in [0.1, 0.15) is 0 Å². The molecular weight excluding hydrogens is 236 g/mol. The molecule has 1 atom stereocenters. The molecule has 0 spiro atoms. The Labute approximate surface area is 113 Å². The monoisotopic (exact) mass is 254 g/mol. The van der Waals surface area contributed by atoms with E-state index in [4.69, 9.17) is 0 Å². The molecule has 0 fully saturated rings. The maximum absolute atomic E-state index is 11.5. The van der Waals surface area contributed by atoms with Gasteiger partial charge in [-0.15, -0.1) is 0 Å². The van der Waals surface area contributed by atoms with E-state index in [1.165, 1.54) is 0 Å². The lowest BCUT2D eigenvalue weighted by Gasteiger charge is -2.15. The number of rotatable bonds is 4. The molecule has 19 heavy (non-hydrogen) atoms. The second-order valence-electron chi connectivity index (χ2n) is 4.94. The number of aryl methyl sites for hydroxylation is 2. The summed E-state index contributed by atoms with van der Waals surface area (Å²) >= 11 is 0. The third kappa shape index (κ3) is 3.22. The van der Waals surface area contributed by atoms with E-state index >= 15 is 0 Å². The molecule has 2 aromatic rings. The fourth-order valence-electron chi connectivity index (χ4n) is 2.29. The van der Waals surface area contributed by atoms with E-state index in [1.807, 2.05) is 62.4 Å². The van der Waals surface area contributed by atoms with Crippen molar-refractivity contribution >= 4 is 5.97 Å². The lowest BCUT2D eigenvalue weighted by Crippen LogP contribution is -2.15. The Morgan fingerprint density at radius 3 is 2.47 bits per heavy atom. The molecule has 0 radical (unpaired) electrons. The van der Waals surface area contributed by atoms with Crippen molar-refractivity contribution in [1.82, 2.24) is 0 Å². The highest BCUT2D eigenvalue weighted by molar-refractivity contribution is 5.76. The molecule has 0 aliphatic rings. The van der Waals surface area contributed by atoms with Gasteiger partial charge < -0.3 is 5.11 Å². The van der Waals surface area contributed by atoms with Crippen LogP contribution in [0.3, 0.4) is 0 Å². The van der Waals surface area contributed by atoms with E-state index < -0.39 is 11.9 Å². The highest BCUT2D eigenvalue weighted by atomic mass is 16.4. The molecule has 0 aromatic heterocycles. The molecule has 0 saturated carbocycles. The van der Waals surface area contributed by atoms with Gasteiger partial charge in [-0.25, -0.2) is 0 Å². The van der Waals surface area contributed by atoms with Crippen molar-refractivity contribution in [2.75, 3.05) is 0 Å². The highest BCUT2D eigenvalue weighted by Gasteiger charge is 2.20. The summed E-state index contributed by atoms with van der Waals surface area (Å²) in [5, 5.41) is 9.47. The molecule has 0 amide bonds. The zero-order valence-electron chi connectivity index (χ0n) is 11.3. The van der Waals surface area contributed by atoms with Gasteiger partial charge in [0.2, 0.25) is 0 Å². The maximum Gasteiger partial charge on any atom is 0.311 e. The van der Waals surface area contributed by atoms with Gasteiger partial charge in [0.25, 0.3) is 0 Å². The Balaban J connectivity index is 2.32. The van der Waals surface area contributed by atoms with Crippen molar-refractivity contribution in [3.63, 3.8) is 0 Å². The molecule has 0 bridgehead atoms. The lowest BCUT2D eigenvalue weighted by molar-refractivity contribution is -0.138. The van der Waals surface area contributed by atoms with E-state index in [0.29, 0.717) is 6.42 Å². The first-order valence-electron chi connectivity index (χ1n) is 6.42. The first kappa shape index (κ1) is 13.3. The molecule has 2 heteroatoms. The summed E-state index contributed by atoms with van der Waals surface area (Å²) in [6.07, 6.45) is 0.533. The van der Waals surface area contributed by atoms with Crippen LogP contribution in [0, 0.1) is 13.8 Å². The minimum atomic E-state index is -0.770. The summed E-state index contributed by atoms with van der Waals surface area (Å²) in [7, 11) is 0. The smallest absolute Gasteiger partial charge is 0.311 e. The van der Waals surface area contributed by atoms with Crippen LogP contribution in [-0.4, -0.2) is 11.1 Å². The fraction of sp³-hybridized carbons (Fsp3) is 0.235. The van der Waals surface area contributed by atoms with Gasteiger partial charge in [-0.3, -0.25) is 4.79 Å². The number of carbonyl (C=O) groups is 1. The zero-order chi connectivity index (χ0) is 13.8. The van der Waals surface area contributed by atoms with Crippen LogP contribution in [-0.2, 0) is 11.2 Å². The topological polar surface area (TPSA) is 37.3 Å². The average molecular weight is 254 g/mol. The van der Waals surface area contributed by atoms with Crippen LogP contribution in [0.4, 0.5) is 0 Å². The lowest BCUT2D eigenvalue weighted by atomic mass is 9.89. The second-order valence-corrected chi connectivity index (χ2v) is 4.94. The van der Waals surface area contributed by atoms with Crippen LogP contribution in [0.1, 0.15) is 28.2 Å². The van der Waals surface area contributed by atoms with Crippen molar-refractivity contribution in [3.8, 4) is 0 Å². The Morgan fingerprint density at radius 1 is 1.11 bits per heavy atom. The number of carboxylic acid groups (broad SMARTS) is 1. The molecule has 0 saturated heterocycles. The summed E-state index contributed by atoms with van der Waals surface area (Å²) in [6.45, 7) is 4.00. The van der Waals surface area contributed by atoms with E-state index in [2.05, 4.69) is 0 Å². The summed E-state index contributed by atoms with van der Waals surface area (Å²) in [4.78, 5) is 11.5. The maximum atomic E-state index is 11.5. The van der Waals surface area contributed by atoms with Gasteiger partial charge in [0.15, 0.2) is 0 Å². The number of hydrogen-bond donors (Lipinski definition) is 1. The number of hydrogen-bond acceptors (Lipinski definition) is 1. The summed E-state index contributed by atoms with van der Waals surface area (Å²) in [5.41, 5.74) is 4.20. The summed E-state index contributed by atoms with van der Waals surface area (Å²) < 4.78 is 0. The predicted octanol–water partition coefficient (Wildman–Crippen LogP) is 3.71. The molecular formula is C17H18O2. The van der Waals surface area contributed by atoms with E-state index in [1.54, 1.807) is 0 Å². The normalized spacial score (nSPS) is 12.1. The Bertz CT molecular complexity index is 587.